The van der Waals surface area contributed by atoms with Gasteiger partial charge in [0.15, 0.2) is 0 Å². The molecule has 1 saturated carbocycles. The Morgan fingerprint density at radius 3 is 2.76 bits per heavy atom. The van der Waals surface area contributed by atoms with Crippen molar-refractivity contribution in [3.05, 3.63) is 34.3 Å². The highest BCUT2D eigenvalue weighted by molar-refractivity contribution is 9.10. The molecule has 1 heterocycles. The lowest BCUT2D eigenvalue weighted by Crippen LogP contribution is -2.47. The lowest BCUT2D eigenvalue weighted by molar-refractivity contribution is 0.248. The second kappa shape index (κ2) is 7.26. The summed E-state index contributed by atoms with van der Waals surface area (Å²) in [5.41, 5.74) is 1.37. The Morgan fingerprint density at radius 2 is 2.00 bits per heavy atom. The summed E-state index contributed by atoms with van der Waals surface area (Å²) in [7, 11) is 0. The van der Waals surface area contributed by atoms with Crippen LogP contribution < -0.4 is 10.6 Å². The summed E-state index contributed by atoms with van der Waals surface area (Å²) in [6.45, 7) is 3.51. The fourth-order valence-electron chi connectivity index (χ4n) is 4.16. The molecule has 116 valence electrons. The van der Waals surface area contributed by atoms with Crippen molar-refractivity contribution >= 4 is 15.9 Å². The molecule has 2 N–H and O–H groups in total. The van der Waals surface area contributed by atoms with E-state index >= 15 is 0 Å². The van der Waals surface area contributed by atoms with Crippen molar-refractivity contribution in [1.29, 1.82) is 0 Å². The predicted octanol–water partition coefficient (Wildman–Crippen LogP) is 4.41. The molecule has 1 aromatic carbocycles. The third kappa shape index (κ3) is 3.69. The molecule has 0 radical (unpaired) electrons. The molecule has 1 aliphatic heterocycles. The van der Waals surface area contributed by atoms with Crippen molar-refractivity contribution in [1.82, 2.24) is 10.6 Å². The Balaban J connectivity index is 1.64. The molecule has 0 spiro atoms. The number of benzene rings is 1. The monoisotopic (exact) mass is 350 g/mol. The highest BCUT2D eigenvalue weighted by Crippen LogP contribution is 2.34. The summed E-state index contributed by atoms with van der Waals surface area (Å²) in [6, 6.07) is 10.4. The highest BCUT2D eigenvalue weighted by Gasteiger charge is 2.34. The van der Waals surface area contributed by atoms with Gasteiger partial charge < -0.3 is 10.6 Å². The van der Waals surface area contributed by atoms with Gasteiger partial charge in [0.2, 0.25) is 0 Å². The Morgan fingerprint density at radius 1 is 1.14 bits per heavy atom. The molecule has 1 saturated heterocycles. The van der Waals surface area contributed by atoms with Gasteiger partial charge in [-0.3, -0.25) is 0 Å². The van der Waals surface area contributed by atoms with E-state index in [4.69, 9.17) is 0 Å². The summed E-state index contributed by atoms with van der Waals surface area (Å²) < 4.78 is 1.22. The second-order valence-corrected chi connectivity index (χ2v) is 7.52. The first kappa shape index (κ1) is 15.5. The summed E-state index contributed by atoms with van der Waals surface area (Å²) in [5.74, 6) is 0.815. The first-order valence-corrected chi connectivity index (χ1v) is 9.29. The van der Waals surface area contributed by atoms with Crippen LogP contribution in [0.5, 0.6) is 0 Å². The molecule has 1 aliphatic carbocycles. The first-order chi connectivity index (χ1) is 10.3. The maximum absolute atomic E-state index is 3.91. The van der Waals surface area contributed by atoms with Crippen LogP contribution in [0, 0.1) is 5.92 Å². The lowest BCUT2D eigenvalue weighted by atomic mass is 9.88. The molecule has 4 atom stereocenters. The average Bonchev–Trinajstić information content (AvgIpc) is 2.96. The molecule has 2 aliphatic rings. The summed E-state index contributed by atoms with van der Waals surface area (Å²) in [4.78, 5) is 0. The van der Waals surface area contributed by atoms with Crippen LogP contribution in [-0.4, -0.2) is 18.6 Å². The van der Waals surface area contributed by atoms with Crippen LogP contribution >= 0.6 is 15.9 Å². The molecule has 3 heteroatoms. The Hall–Kier alpha value is -0.380. The minimum Gasteiger partial charge on any atom is -0.314 e. The van der Waals surface area contributed by atoms with Gasteiger partial charge in [-0.15, -0.1) is 0 Å². The fourth-order valence-corrected chi connectivity index (χ4v) is 4.79. The van der Waals surface area contributed by atoms with Gasteiger partial charge >= 0.3 is 0 Å². The van der Waals surface area contributed by atoms with Gasteiger partial charge in [-0.2, -0.15) is 0 Å². The molecule has 0 amide bonds. The number of halogens is 1. The molecule has 0 aromatic heterocycles. The van der Waals surface area contributed by atoms with Crippen LogP contribution in [0.4, 0.5) is 0 Å². The van der Waals surface area contributed by atoms with Gasteiger partial charge in [-0.1, -0.05) is 47.0 Å². The van der Waals surface area contributed by atoms with Crippen molar-refractivity contribution in [2.45, 2.75) is 63.6 Å². The highest BCUT2D eigenvalue weighted by atomic mass is 79.9. The third-order valence-electron chi connectivity index (χ3n) is 5.27. The van der Waals surface area contributed by atoms with Crippen molar-refractivity contribution in [2.75, 3.05) is 6.54 Å². The molecule has 3 rings (SSSR count). The summed E-state index contributed by atoms with van der Waals surface area (Å²) in [6.07, 6.45) is 8.22. The molecule has 2 nitrogen and oxygen atoms in total. The van der Waals surface area contributed by atoms with E-state index in [0.717, 1.165) is 12.0 Å². The molecule has 21 heavy (non-hydrogen) atoms. The van der Waals surface area contributed by atoms with E-state index in [1.807, 2.05) is 0 Å². The van der Waals surface area contributed by atoms with Crippen LogP contribution in [-0.2, 0) is 0 Å². The summed E-state index contributed by atoms with van der Waals surface area (Å²) in [5, 5.41) is 7.68. The minimum absolute atomic E-state index is 0.412. The zero-order valence-corrected chi connectivity index (χ0v) is 14.5. The van der Waals surface area contributed by atoms with Crippen LogP contribution in [0.15, 0.2) is 28.7 Å². The van der Waals surface area contributed by atoms with Gasteiger partial charge in [-0.05, 0) is 56.7 Å². The SMILES string of the molecule is C[C@H](NC1CCCC1C1CCCCN1)c1ccccc1Br. The smallest absolute Gasteiger partial charge is 0.0305 e. The van der Waals surface area contributed by atoms with E-state index in [1.54, 1.807) is 0 Å². The standard InChI is InChI=1S/C18H27BrN2/c1-13(14-7-2-3-9-16(14)19)21-18-11-6-8-15(18)17-10-4-5-12-20-17/h2-3,7,9,13,15,17-18,20-21H,4-6,8,10-12H2,1H3/t13-,15?,17?,18?/m0/s1. The van der Waals surface area contributed by atoms with Gasteiger partial charge in [0.1, 0.15) is 0 Å². The van der Waals surface area contributed by atoms with E-state index in [0.29, 0.717) is 12.1 Å². The maximum Gasteiger partial charge on any atom is 0.0305 e. The van der Waals surface area contributed by atoms with Crippen LogP contribution in [0.1, 0.15) is 57.1 Å². The molecule has 0 bridgehead atoms. The number of piperidine rings is 1. The zero-order valence-electron chi connectivity index (χ0n) is 12.9. The van der Waals surface area contributed by atoms with E-state index in [2.05, 4.69) is 57.8 Å². The van der Waals surface area contributed by atoms with Gasteiger partial charge in [0, 0.05) is 22.6 Å². The van der Waals surface area contributed by atoms with Crippen LogP contribution in [0.3, 0.4) is 0 Å². The van der Waals surface area contributed by atoms with Gasteiger partial charge in [-0.25, -0.2) is 0 Å². The van der Waals surface area contributed by atoms with Gasteiger partial charge in [0.05, 0.1) is 0 Å². The number of hydrogen-bond donors (Lipinski definition) is 2. The van der Waals surface area contributed by atoms with Gasteiger partial charge in [0.25, 0.3) is 0 Å². The number of hydrogen-bond acceptors (Lipinski definition) is 2. The largest absolute Gasteiger partial charge is 0.314 e. The maximum atomic E-state index is 3.91. The van der Waals surface area contributed by atoms with Crippen LogP contribution in [0.2, 0.25) is 0 Å². The van der Waals surface area contributed by atoms with E-state index in [-0.39, 0.29) is 0 Å². The van der Waals surface area contributed by atoms with Crippen molar-refractivity contribution in [3.63, 3.8) is 0 Å². The van der Waals surface area contributed by atoms with E-state index in [9.17, 15) is 0 Å². The minimum atomic E-state index is 0.412. The van der Waals surface area contributed by atoms with E-state index in [1.165, 1.54) is 55.1 Å². The quantitative estimate of drug-likeness (QED) is 0.840. The Labute approximate surface area is 137 Å². The molecular formula is C18H27BrN2. The number of rotatable bonds is 4. The van der Waals surface area contributed by atoms with Crippen LogP contribution in [0.25, 0.3) is 0 Å². The summed E-state index contributed by atoms with van der Waals surface area (Å²) >= 11 is 3.69. The first-order valence-electron chi connectivity index (χ1n) is 8.49. The zero-order chi connectivity index (χ0) is 14.7. The third-order valence-corrected chi connectivity index (χ3v) is 5.99. The number of nitrogens with one attached hydrogen (secondary N) is 2. The topological polar surface area (TPSA) is 24.1 Å². The Bertz CT molecular complexity index is 456. The molecular weight excluding hydrogens is 324 g/mol. The molecule has 3 unspecified atom stereocenters. The molecule has 2 fully saturated rings. The average molecular weight is 351 g/mol. The Kier molecular flexibility index (Phi) is 5.36. The predicted molar refractivity (Wildman–Crippen MR) is 92.5 cm³/mol. The lowest BCUT2D eigenvalue weighted by Gasteiger charge is -2.34. The second-order valence-electron chi connectivity index (χ2n) is 6.67. The van der Waals surface area contributed by atoms with Crippen molar-refractivity contribution in [3.8, 4) is 0 Å². The molecule has 1 aromatic rings. The normalized spacial score (nSPS) is 31.2. The fraction of sp³-hybridized carbons (Fsp3) is 0.667. The van der Waals surface area contributed by atoms with E-state index < -0.39 is 0 Å². The van der Waals surface area contributed by atoms with Crippen molar-refractivity contribution in [2.24, 2.45) is 5.92 Å². The van der Waals surface area contributed by atoms with Crippen molar-refractivity contribution < 1.29 is 0 Å².